The molecule has 0 saturated heterocycles. The smallest absolute Gasteiger partial charge is 0.357 e. The van der Waals surface area contributed by atoms with E-state index >= 15 is 0 Å². The lowest BCUT2D eigenvalue weighted by Crippen LogP contribution is -2.34. The number of carbonyl (C=O) groups excluding carboxylic acids is 1. The summed E-state index contributed by atoms with van der Waals surface area (Å²) in [7, 11) is 0. The molecule has 7 heteroatoms. The molecule has 60 heavy (non-hydrogen) atoms. The zero-order valence-corrected chi connectivity index (χ0v) is 35.3. The summed E-state index contributed by atoms with van der Waals surface area (Å²) in [5, 5.41) is 15.1. The van der Waals surface area contributed by atoms with Gasteiger partial charge in [0.1, 0.15) is 0 Å². The van der Waals surface area contributed by atoms with E-state index < -0.39 is 11.9 Å². The maximum absolute atomic E-state index is 13.3. The number of hydrazone groups is 1. The van der Waals surface area contributed by atoms with E-state index in [1.54, 1.807) is 30.3 Å². The molecular weight excluding hydrogens is 741 g/mol. The Morgan fingerprint density at radius 3 is 1.63 bits per heavy atom. The highest BCUT2D eigenvalue weighted by molar-refractivity contribution is 6.52. The normalized spacial score (nSPS) is 17.6. The first-order valence-corrected chi connectivity index (χ1v) is 20.8. The zero-order chi connectivity index (χ0) is 42.2. The molecule has 3 aliphatic rings. The lowest BCUT2D eigenvalue weighted by Gasteiger charge is -2.41. The van der Waals surface area contributed by atoms with Gasteiger partial charge < -0.3 is 14.9 Å². The Morgan fingerprint density at radius 1 is 0.633 bits per heavy atom. The van der Waals surface area contributed by atoms with Crippen molar-refractivity contribution in [3.63, 3.8) is 0 Å². The highest BCUT2D eigenvalue weighted by Crippen LogP contribution is 2.47. The van der Waals surface area contributed by atoms with E-state index in [1.807, 2.05) is 24.3 Å². The Kier molecular flexibility index (Phi) is 10.8. The Balaban J connectivity index is 1.18. The van der Waals surface area contributed by atoms with Gasteiger partial charge in [0, 0.05) is 35.8 Å². The molecule has 302 valence electrons. The van der Waals surface area contributed by atoms with Gasteiger partial charge in [-0.05, 0) is 132 Å². The number of amides is 1. The molecule has 0 unspecified atom stereocenters. The summed E-state index contributed by atoms with van der Waals surface area (Å²) >= 11 is 0. The summed E-state index contributed by atoms with van der Waals surface area (Å²) in [6, 6.07) is 40.3. The van der Waals surface area contributed by atoms with Crippen molar-refractivity contribution >= 4 is 51.6 Å². The Bertz CT molecular complexity index is 2490. The fraction of sp³-hybridized carbons (Fsp3) is 0.226. The van der Waals surface area contributed by atoms with E-state index in [2.05, 4.69) is 147 Å². The molecule has 0 radical (unpaired) electrons. The zero-order valence-electron chi connectivity index (χ0n) is 35.3. The molecule has 0 aromatic heterocycles. The van der Waals surface area contributed by atoms with Gasteiger partial charge in [-0.1, -0.05) is 124 Å². The van der Waals surface area contributed by atoms with Crippen LogP contribution in [0.25, 0.3) is 5.57 Å². The van der Waals surface area contributed by atoms with Gasteiger partial charge in [-0.2, -0.15) is 10.1 Å². The molecule has 1 N–H and O–H groups in total. The highest BCUT2D eigenvalue weighted by Gasteiger charge is 2.36. The Hall–Kier alpha value is -6.73. The molecule has 8 rings (SSSR count). The number of aliphatic carboxylic acids is 1. The van der Waals surface area contributed by atoms with E-state index in [-0.39, 0.29) is 22.1 Å². The maximum Gasteiger partial charge on any atom is 0.357 e. The van der Waals surface area contributed by atoms with E-state index in [4.69, 9.17) is 0 Å². The van der Waals surface area contributed by atoms with Crippen LogP contribution in [0.4, 0.5) is 28.4 Å². The lowest BCUT2D eigenvalue weighted by molar-refractivity contribution is -0.129. The predicted molar refractivity (Wildman–Crippen MR) is 247 cm³/mol. The largest absolute Gasteiger partial charge is 0.476 e. The molecule has 0 saturated carbocycles. The van der Waals surface area contributed by atoms with Crippen LogP contribution >= 0.6 is 0 Å². The molecule has 0 fully saturated rings. The van der Waals surface area contributed by atoms with Crippen molar-refractivity contribution in [1.82, 2.24) is 0 Å². The summed E-state index contributed by atoms with van der Waals surface area (Å²) in [6.07, 6.45) is 13.1. The number of allylic oxidation sites excluding steroid dienone is 6. The van der Waals surface area contributed by atoms with Crippen LogP contribution in [-0.2, 0) is 20.4 Å². The number of carboxylic acids is 1. The van der Waals surface area contributed by atoms with E-state index in [1.165, 1.54) is 51.1 Å². The molecule has 1 amide bonds. The van der Waals surface area contributed by atoms with Crippen LogP contribution in [0.5, 0.6) is 0 Å². The van der Waals surface area contributed by atoms with Crippen LogP contribution in [0.1, 0.15) is 73.9 Å². The quantitative estimate of drug-likeness (QED) is 0.119. The highest BCUT2D eigenvalue weighted by atomic mass is 16.4. The fourth-order valence-corrected chi connectivity index (χ4v) is 8.50. The van der Waals surface area contributed by atoms with Gasteiger partial charge >= 0.3 is 5.97 Å². The molecule has 0 bridgehead atoms. The summed E-state index contributed by atoms with van der Waals surface area (Å²) < 4.78 is 0. The Morgan fingerprint density at radius 2 is 1.13 bits per heavy atom. The summed E-state index contributed by atoms with van der Waals surface area (Å²) in [5.74, 6) is -1.74. The third-order valence-corrected chi connectivity index (χ3v) is 12.2. The van der Waals surface area contributed by atoms with Gasteiger partial charge in [0.05, 0.1) is 11.3 Å². The van der Waals surface area contributed by atoms with E-state index in [0.717, 1.165) is 47.6 Å². The number of hydrogen-bond acceptors (Lipinski definition) is 5. The van der Waals surface area contributed by atoms with Gasteiger partial charge in [0.25, 0.3) is 5.91 Å². The molecule has 7 nitrogen and oxygen atoms in total. The number of hydrogen-bond donors (Lipinski definition) is 1. The van der Waals surface area contributed by atoms with Gasteiger partial charge in [-0.3, -0.25) is 4.79 Å². The number of carbonyl (C=O) groups is 2. The van der Waals surface area contributed by atoms with Crippen LogP contribution in [0.3, 0.4) is 0 Å². The number of para-hydroxylation sites is 1. The van der Waals surface area contributed by atoms with Crippen LogP contribution in [-0.4, -0.2) is 35.8 Å². The second-order valence-electron chi connectivity index (χ2n) is 17.3. The summed E-state index contributed by atoms with van der Waals surface area (Å²) in [5.41, 5.74) is 13.6. The number of carboxylic acid groups (broad SMARTS) is 1. The van der Waals surface area contributed by atoms with E-state index in [0.29, 0.717) is 5.69 Å². The Labute approximate surface area is 354 Å². The minimum atomic E-state index is -1.25. The second-order valence-corrected chi connectivity index (χ2v) is 17.3. The molecule has 5 aromatic carbocycles. The molecule has 0 spiro atoms. The monoisotopic (exact) mass is 792 g/mol. The van der Waals surface area contributed by atoms with Crippen molar-refractivity contribution in [2.24, 2.45) is 5.10 Å². The van der Waals surface area contributed by atoms with Crippen LogP contribution < -0.4 is 14.8 Å². The molecular formula is C53H52N4O3. The van der Waals surface area contributed by atoms with Crippen molar-refractivity contribution < 1.29 is 14.7 Å². The SMILES string of the molecule is Cc1ccc(N2CCC(C)(C)c3cc(C(=C/C=C/C=C/C=C4\C(=O)N(c5ccccc5)N=C4C(=O)O)c4ccc5c(c4)C(C)(C)CCN5c4ccc(C)cc4)ccc32)cc1. The first kappa shape index (κ1) is 40.1. The summed E-state index contributed by atoms with van der Waals surface area (Å²) in [4.78, 5) is 30.3. The minimum Gasteiger partial charge on any atom is -0.476 e. The number of nitrogens with zero attached hydrogens (tertiary/aromatic N) is 4. The predicted octanol–water partition coefficient (Wildman–Crippen LogP) is 11.9. The molecule has 0 aliphatic carbocycles. The average molecular weight is 793 g/mol. The standard InChI is InChI=1S/C53H52N4O3/c1-36-18-24-40(25-19-36)55-32-30-52(3,4)45-34-38(22-28-47(45)55)43(39-23-29-48-46(35-39)53(5,6)31-33-56(48)41-26-20-37(2)21-27-41)16-12-7-8-13-17-44-49(51(59)60)54-57(50(44)58)42-14-10-9-11-15-42/h7-29,34-35H,30-33H2,1-6H3,(H,59,60)/b12-7+,13-8+,44-17-. The van der Waals surface area contributed by atoms with Crippen molar-refractivity contribution in [3.8, 4) is 0 Å². The molecule has 3 heterocycles. The number of benzene rings is 5. The molecule has 0 atom stereocenters. The lowest BCUT2D eigenvalue weighted by atomic mass is 9.75. The topological polar surface area (TPSA) is 76.5 Å². The third-order valence-electron chi connectivity index (χ3n) is 12.2. The number of aryl methyl sites for hydroxylation is 2. The van der Waals surface area contributed by atoms with Crippen LogP contribution in [0.2, 0.25) is 0 Å². The third kappa shape index (κ3) is 7.87. The van der Waals surface area contributed by atoms with Crippen LogP contribution in [0.15, 0.2) is 162 Å². The van der Waals surface area contributed by atoms with Gasteiger partial charge in [0.15, 0.2) is 5.71 Å². The first-order chi connectivity index (χ1) is 28.8. The van der Waals surface area contributed by atoms with Crippen molar-refractivity contribution in [2.75, 3.05) is 27.9 Å². The van der Waals surface area contributed by atoms with Crippen molar-refractivity contribution in [1.29, 1.82) is 0 Å². The first-order valence-electron chi connectivity index (χ1n) is 20.8. The maximum atomic E-state index is 13.3. The summed E-state index contributed by atoms with van der Waals surface area (Å²) in [6.45, 7) is 15.5. The van der Waals surface area contributed by atoms with Gasteiger partial charge in [-0.25, -0.2) is 4.79 Å². The molecule has 5 aromatic rings. The van der Waals surface area contributed by atoms with Crippen molar-refractivity contribution in [3.05, 3.63) is 191 Å². The van der Waals surface area contributed by atoms with E-state index in [9.17, 15) is 14.7 Å². The average Bonchev–Trinajstić information content (AvgIpc) is 3.57. The van der Waals surface area contributed by atoms with Crippen molar-refractivity contribution in [2.45, 2.75) is 65.2 Å². The number of rotatable bonds is 9. The van der Waals surface area contributed by atoms with Crippen LogP contribution in [0, 0.1) is 13.8 Å². The second kappa shape index (κ2) is 16.1. The van der Waals surface area contributed by atoms with Gasteiger partial charge in [-0.15, -0.1) is 0 Å². The molecule has 3 aliphatic heterocycles. The van der Waals surface area contributed by atoms with Gasteiger partial charge in [0.2, 0.25) is 0 Å². The fourth-order valence-electron chi connectivity index (χ4n) is 8.50. The number of fused-ring (bicyclic) bond motifs is 2. The minimum absolute atomic E-state index is 0.0258. The number of anilines is 5.